The summed E-state index contributed by atoms with van der Waals surface area (Å²) in [6, 6.07) is 12.5. The Kier molecular flexibility index (Phi) is 4.88. The predicted octanol–water partition coefficient (Wildman–Crippen LogP) is 4.82. The molecule has 1 unspecified atom stereocenters. The lowest BCUT2D eigenvalue weighted by Crippen LogP contribution is -2.34. The fourth-order valence-corrected chi connectivity index (χ4v) is 3.71. The summed E-state index contributed by atoms with van der Waals surface area (Å²) in [5.41, 5.74) is 4.58. The third kappa shape index (κ3) is 3.91. The van der Waals surface area contributed by atoms with E-state index in [4.69, 9.17) is 5.11 Å². The Bertz CT molecular complexity index is 924. The molecule has 0 spiro atoms. The van der Waals surface area contributed by atoms with Gasteiger partial charge in [0, 0.05) is 5.56 Å². The van der Waals surface area contributed by atoms with Crippen molar-refractivity contribution < 1.29 is 15.0 Å². The highest BCUT2D eigenvalue weighted by Gasteiger charge is 2.37. The number of carbonyl (C=O) groups is 1. The Morgan fingerprint density at radius 3 is 2.15 bits per heavy atom. The lowest BCUT2D eigenvalue weighted by atomic mass is 9.63. The molecule has 1 aliphatic carbocycles. The Morgan fingerprint density at radius 1 is 0.963 bits per heavy atom. The quantitative estimate of drug-likeness (QED) is 0.753. The van der Waals surface area contributed by atoms with Crippen LogP contribution in [0.15, 0.2) is 42.5 Å². The fourth-order valence-electron chi connectivity index (χ4n) is 3.71. The van der Waals surface area contributed by atoms with Gasteiger partial charge in [-0.1, -0.05) is 57.7 Å². The first-order valence-electron chi connectivity index (χ1n) is 9.28. The Morgan fingerprint density at radius 2 is 1.56 bits per heavy atom. The van der Waals surface area contributed by atoms with Crippen LogP contribution in [0.5, 0.6) is 0 Å². The van der Waals surface area contributed by atoms with Gasteiger partial charge in [-0.05, 0) is 64.6 Å². The van der Waals surface area contributed by atoms with E-state index < -0.39 is 12.1 Å². The molecule has 0 bridgehead atoms. The fraction of sp³-hybridized carbons (Fsp3) is 0.375. The molecule has 0 radical (unpaired) electrons. The zero-order chi connectivity index (χ0) is 19.8. The molecule has 0 heterocycles. The maximum atomic E-state index is 10.9. The lowest BCUT2D eigenvalue weighted by molar-refractivity contribution is 0.0697. The predicted molar refractivity (Wildman–Crippen MR) is 107 cm³/mol. The molecule has 1 atom stereocenters. The van der Waals surface area contributed by atoms with Gasteiger partial charge >= 0.3 is 5.97 Å². The summed E-state index contributed by atoms with van der Waals surface area (Å²) in [5.74, 6) is 4.85. The van der Waals surface area contributed by atoms with E-state index in [1.54, 1.807) is 12.1 Å². The van der Waals surface area contributed by atoms with Crippen molar-refractivity contribution >= 4 is 5.97 Å². The van der Waals surface area contributed by atoms with E-state index in [0.717, 1.165) is 18.4 Å². The summed E-state index contributed by atoms with van der Waals surface area (Å²) in [6.45, 7) is 9.06. The highest BCUT2D eigenvalue weighted by atomic mass is 16.4. The summed E-state index contributed by atoms with van der Waals surface area (Å²) in [4.78, 5) is 10.9. The molecule has 0 saturated heterocycles. The van der Waals surface area contributed by atoms with Crippen molar-refractivity contribution in [2.75, 3.05) is 0 Å². The van der Waals surface area contributed by atoms with Crippen molar-refractivity contribution in [3.8, 4) is 11.8 Å². The molecule has 0 fully saturated rings. The van der Waals surface area contributed by atoms with Crippen LogP contribution in [0.3, 0.4) is 0 Å². The van der Waals surface area contributed by atoms with Crippen molar-refractivity contribution in [2.24, 2.45) is 0 Å². The molecule has 2 aromatic rings. The van der Waals surface area contributed by atoms with E-state index in [-0.39, 0.29) is 16.4 Å². The summed E-state index contributed by atoms with van der Waals surface area (Å²) in [6.07, 6.45) is 1.39. The molecule has 3 heteroatoms. The SMILES string of the molecule is CC1(C)CCC(C)(C)c2cc(C(O)C#Cc3ccc(C(=O)O)cc3)ccc21. The highest BCUT2D eigenvalue weighted by molar-refractivity contribution is 5.87. The van der Waals surface area contributed by atoms with E-state index in [0.29, 0.717) is 5.56 Å². The van der Waals surface area contributed by atoms with E-state index in [1.807, 2.05) is 6.07 Å². The summed E-state index contributed by atoms with van der Waals surface area (Å²) in [5, 5.41) is 19.5. The second kappa shape index (κ2) is 6.87. The number of hydrogen-bond acceptors (Lipinski definition) is 2. The third-order valence-corrected chi connectivity index (χ3v) is 5.68. The van der Waals surface area contributed by atoms with Crippen molar-refractivity contribution in [1.82, 2.24) is 0 Å². The molecule has 27 heavy (non-hydrogen) atoms. The first kappa shape index (κ1) is 19.2. The molecule has 0 amide bonds. The number of carboxylic acids is 1. The van der Waals surface area contributed by atoms with Crippen LogP contribution in [0.4, 0.5) is 0 Å². The first-order valence-corrected chi connectivity index (χ1v) is 9.28. The standard InChI is InChI=1S/C24H26O3/c1-23(2)13-14-24(3,4)20-15-18(10-11-19(20)23)21(25)12-7-16-5-8-17(9-6-16)22(26)27/h5-6,8-11,15,21,25H,13-14H2,1-4H3,(H,26,27). The van der Waals surface area contributed by atoms with Gasteiger partial charge in [-0.3, -0.25) is 0 Å². The molecule has 0 aromatic heterocycles. The average molecular weight is 362 g/mol. The molecule has 3 rings (SSSR count). The van der Waals surface area contributed by atoms with Gasteiger partial charge in [-0.2, -0.15) is 0 Å². The van der Waals surface area contributed by atoms with Crippen molar-refractivity contribution in [3.63, 3.8) is 0 Å². The topological polar surface area (TPSA) is 57.5 Å². The second-order valence-corrected chi connectivity index (χ2v) is 8.63. The number of fused-ring (bicyclic) bond motifs is 1. The number of carboxylic acid groups (broad SMARTS) is 1. The maximum absolute atomic E-state index is 10.9. The minimum atomic E-state index is -0.964. The first-order chi connectivity index (χ1) is 12.6. The Hall–Kier alpha value is -2.57. The lowest BCUT2D eigenvalue weighted by Gasteiger charge is -2.42. The summed E-state index contributed by atoms with van der Waals surface area (Å²) >= 11 is 0. The molecule has 0 saturated carbocycles. The van der Waals surface area contributed by atoms with Crippen LogP contribution in [-0.4, -0.2) is 16.2 Å². The van der Waals surface area contributed by atoms with Crippen LogP contribution in [-0.2, 0) is 10.8 Å². The van der Waals surface area contributed by atoms with E-state index in [2.05, 4.69) is 51.7 Å². The van der Waals surface area contributed by atoms with Crippen LogP contribution < -0.4 is 0 Å². The van der Waals surface area contributed by atoms with E-state index >= 15 is 0 Å². The van der Waals surface area contributed by atoms with Gasteiger partial charge in [0.25, 0.3) is 0 Å². The normalized spacial score (nSPS) is 18.0. The average Bonchev–Trinajstić information content (AvgIpc) is 2.63. The maximum Gasteiger partial charge on any atom is 0.335 e. The number of benzene rings is 2. The molecule has 3 nitrogen and oxygen atoms in total. The van der Waals surface area contributed by atoms with Crippen LogP contribution in [0.25, 0.3) is 0 Å². The molecule has 2 aromatic carbocycles. The van der Waals surface area contributed by atoms with Crippen LogP contribution >= 0.6 is 0 Å². The van der Waals surface area contributed by atoms with Gasteiger partial charge in [0.2, 0.25) is 0 Å². The van der Waals surface area contributed by atoms with Crippen LogP contribution in [0.2, 0.25) is 0 Å². The zero-order valence-corrected chi connectivity index (χ0v) is 16.3. The van der Waals surface area contributed by atoms with Crippen LogP contribution in [0, 0.1) is 11.8 Å². The summed E-state index contributed by atoms with van der Waals surface area (Å²) in [7, 11) is 0. The van der Waals surface area contributed by atoms with E-state index in [9.17, 15) is 9.90 Å². The van der Waals surface area contributed by atoms with Crippen molar-refractivity contribution in [3.05, 3.63) is 70.3 Å². The minimum Gasteiger partial charge on any atom is -0.478 e. The number of aliphatic hydroxyl groups is 1. The number of aromatic carboxylic acids is 1. The molecule has 1 aliphatic rings. The molecule has 140 valence electrons. The molecule has 0 aliphatic heterocycles. The Balaban J connectivity index is 1.88. The number of hydrogen-bond donors (Lipinski definition) is 2. The smallest absolute Gasteiger partial charge is 0.335 e. The second-order valence-electron chi connectivity index (χ2n) is 8.63. The largest absolute Gasteiger partial charge is 0.478 e. The van der Waals surface area contributed by atoms with Gasteiger partial charge in [0.1, 0.15) is 6.10 Å². The van der Waals surface area contributed by atoms with Gasteiger partial charge < -0.3 is 10.2 Å². The monoisotopic (exact) mass is 362 g/mol. The van der Waals surface area contributed by atoms with Crippen LogP contribution in [0.1, 0.15) is 79.3 Å². The molecular formula is C24H26O3. The van der Waals surface area contributed by atoms with Gasteiger partial charge in [-0.15, -0.1) is 0 Å². The minimum absolute atomic E-state index is 0.0840. The highest BCUT2D eigenvalue weighted by Crippen LogP contribution is 2.46. The summed E-state index contributed by atoms with van der Waals surface area (Å²) < 4.78 is 0. The third-order valence-electron chi connectivity index (χ3n) is 5.68. The molecular weight excluding hydrogens is 336 g/mol. The van der Waals surface area contributed by atoms with Gasteiger partial charge in [-0.25, -0.2) is 4.79 Å². The van der Waals surface area contributed by atoms with Gasteiger partial charge in [0.15, 0.2) is 0 Å². The molecule has 2 N–H and O–H groups in total. The number of rotatable bonds is 2. The van der Waals surface area contributed by atoms with Crippen molar-refractivity contribution in [2.45, 2.75) is 57.5 Å². The number of aliphatic hydroxyl groups excluding tert-OH is 1. The van der Waals surface area contributed by atoms with E-state index in [1.165, 1.54) is 23.3 Å². The Labute approximate surface area is 161 Å². The van der Waals surface area contributed by atoms with Crippen molar-refractivity contribution in [1.29, 1.82) is 0 Å². The zero-order valence-electron chi connectivity index (χ0n) is 16.3. The van der Waals surface area contributed by atoms with Gasteiger partial charge in [0.05, 0.1) is 5.56 Å².